The van der Waals surface area contributed by atoms with Gasteiger partial charge in [0.2, 0.25) is 0 Å². The van der Waals surface area contributed by atoms with Crippen molar-refractivity contribution in [2.24, 2.45) is 0 Å². The van der Waals surface area contributed by atoms with Gasteiger partial charge in [-0.3, -0.25) is 20.0 Å². The first-order chi connectivity index (χ1) is 17.0. The number of ether oxygens (including phenoxy) is 2. The van der Waals surface area contributed by atoms with Gasteiger partial charge in [-0.25, -0.2) is 8.93 Å². The molecule has 3 aromatic rings. The molecule has 3 N–H and O–H groups in total. The molecule has 1 aliphatic heterocycles. The molecule has 1 aliphatic carbocycles. The number of anilines is 2. The fourth-order valence-corrected chi connectivity index (χ4v) is 5.11. The van der Waals surface area contributed by atoms with Crippen LogP contribution in [0.4, 0.5) is 17.2 Å². The number of fused-ring (bicyclic) bond motifs is 1. The molecule has 0 radical (unpaired) electrons. The van der Waals surface area contributed by atoms with Crippen molar-refractivity contribution in [3.63, 3.8) is 0 Å². The molecule has 2 aliphatic rings. The summed E-state index contributed by atoms with van der Waals surface area (Å²) < 4.78 is 24.6. The van der Waals surface area contributed by atoms with E-state index in [9.17, 15) is 19.1 Å². The van der Waals surface area contributed by atoms with Gasteiger partial charge in [0.05, 0.1) is 16.9 Å². The Morgan fingerprint density at radius 3 is 2.71 bits per heavy atom. The van der Waals surface area contributed by atoms with Gasteiger partial charge < -0.3 is 14.8 Å². The predicted molar refractivity (Wildman–Crippen MR) is 129 cm³/mol. The molecule has 3 atom stereocenters. The van der Waals surface area contributed by atoms with Gasteiger partial charge in [-0.1, -0.05) is 6.07 Å². The van der Waals surface area contributed by atoms with Crippen molar-refractivity contribution in [2.75, 3.05) is 12.4 Å². The average Bonchev–Trinajstić information content (AvgIpc) is 3.61. The second-order valence-corrected chi connectivity index (χ2v) is 9.33. The minimum Gasteiger partial charge on any atom is -0.497 e. The maximum Gasteiger partial charge on any atom is 0.293 e. The number of hydrogen-bond acceptors (Lipinski definition) is 8. The van der Waals surface area contributed by atoms with Gasteiger partial charge >= 0.3 is 0 Å². The summed E-state index contributed by atoms with van der Waals surface area (Å²) in [7, 11) is 0.386. The van der Waals surface area contributed by atoms with Crippen LogP contribution in [0, 0.1) is 10.1 Å². The molecule has 0 bridgehead atoms. The van der Waals surface area contributed by atoms with Gasteiger partial charge in [-0.15, -0.1) is 0 Å². The molecule has 2 aromatic carbocycles. The molecule has 35 heavy (non-hydrogen) atoms. The van der Waals surface area contributed by atoms with E-state index < -0.39 is 15.9 Å². The van der Waals surface area contributed by atoms with Crippen molar-refractivity contribution in [3.8, 4) is 5.75 Å². The van der Waals surface area contributed by atoms with Crippen LogP contribution < -0.4 is 14.8 Å². The van der Waals surface area contributed by atoms with Crippen LogP contribution >= 0.6 is 0 Å². The minimum atomic E-state index is -1.13. The number of aromatic nitrogens is 2. The lowest BCUT2D eigenvalue weighted by Gasteiger charge is -2.07. The Morgan fingerprint density at radius 1 is 1.20 bits per heavy atom. The van der Waals surface area contributed by atoms with Crippen molar-refractivity contribution in [1.29, 1.82) is 0 Å². The number of methoxy groups -OCH3 is 1. The van der Waals surface area contributed by atoms with Crippen LogP contribution in [0.3, 0.4) is 0 Å². The zero-order valence-corrected chi connectivity index (χ0v) is 19.7. The van der Waals surface area contributed by atoms with Gasteiger partial charge in [-0.05, 0) is 49.1 Å². The van der Waals surface area contributed by atoms with Crippen molar-refractivity contribution in [3.05, 3.63) is 69.9 Å². The number of carbonyl (C=O) groups is 1. The molecule has 3 unspecified atom stereocenters. The van der Waals surface area contributed by atoms with E-state index in [1.807, 2.05) is 24.3 Å². The van der Waals surface area contributed by atoms with Crippen LogP contribution in [0.25, 0.3) is 0 Å². The molecule has 184 valence electrons. The molecule has 1 fully saturated rings. The molecule has 11 nitrogen and oxygen atoms in total. The summed E-state index contributed by atoms with van der Waals surface area (Å²) in [5, 5.41) is 20.8. The number of H-pyrrole nitrogens is 1. The monoisotopic (exact) mass is 499 g/mol. The van der Waals surface area contributed by atoms with E-state index in [0.29, 0.717) is 24.7 Å². The topological polar surface area (TPSA) is 148 Å². The van der Waals surface area contributed by atoms with Crippen molar-refractivity contribution < 1.29 is 23.4 Å². The lowest BCUT2D eigenvalue weighted by Crippen LogP contribution is -2.06. The summed E-state index contributed by atoms with van der Waals surface area (Å²) in [6.07, 6.45) is 2.69. The number of nitrogens with zero attached hydrogens (tertiary/aromatic N) is 2. The number of hydrogen-bond donors (Lipinski definition) is 3. The second kappa shape index (κ2) is 11.1. The second-order valence-electron chi connectivity index (χ2n) is 8.07. The Hall–Kier alpha value is -3.77. The Kier molecular flexibility index (Phi) is 7.73. The van der Waals surface area contributed by atoms with Crippen molar-refractivity contribution in [1.82, 2.24) is 14.9 Å². The number of aromatic amines is 1. The van der Waals surface area contributed by atoms with Gasteiger partial charge in [0.1, 0.15) is 22.8 Å². The van der Waals surface area contributed by atoms with E-state index in [1.54, 1.807) is 12.1 Å². The van der Waals surface area contributed by atoms with Crippen LogP contribution in [0.1, 0.15) is 36.4 Å². The zero-order valence-electron chi connectivity index (χ0n) is 18.9. The lowest BCUT2D eigenvalue weighted by atomic mass is 10.0. The summed E-state index contributed by atoms with van der Waals surface area (Å²) in [5.74, 6) is 1.67. The average molecular weight is 500 g/mol. The van der Waals surface area contributed by atoms with E-state index in [2.05, 4.69) is 20.2 Å². The van der Waals surface area contributed by atoms with E-state index in [-0.39, 0.29) is 11.8 Å². The first kappa shape index (κ1) is 24.4. The third kappa shape index (κ3) is 6.03. The van der Waals surface area contributed by atoms with Crippen LogP contribution in [-0.4, -0.2) is 39.0 Å². The van der Waals surface area contributed by atoms with Crippen LogP contribution in [0.2, 0.25) is 0 Å². The Balaban J connectivity index is 0.000000221. The standard InChI is InChI=1S/C16H18N4O3S.C7H7NO3/c21-9-23-13-4-2-10(5-13)14-7-16(20-19-14)18-12-3-1-11-8-17-24(22)15(11)6-12;1-11-7-4-2-6(3-5-7)8(9)10/h1,3,6-7,9-10,13,17H,2,4-5,8H2,(H2,18,19,20);2-5H,1H3. The number of rotatable bonds is 7. The molecule has 12 heteroatoms. The number of nitrogens with one attached hydrogen (secondary N) is 3. The van der Waals surface area contributed by atoms with E-state index in [1.165, 1.54) is 19.2 Å². The summed E-state index contributed by atoms with van der Waals surface area (Å²) in [6.45, 7) is 1.17. The predicted octanol–water partition coefficient (Wildman–Crippen LogP) is 3.69. The molecule has 0 saturated heterocycles. The molecule has 2 heterocycles. The lowest BCUT2D eigenvalue weighted by molar-refractivity contribution is -0.384. The van der Waals surface area contributed by atoms with Gasteiger partial charge in [-0.2, -0.15) is 5.10 Å². The van der Waals surface area contributed by atoms with Crippen LogP contribution in [0.15, 0.2) is 53.4 Å². The molecular weight excluding hydrogens is 474 g/mol. The summed E-state index contributed by atoms with van der Waals surface area (Å²) in [5.41, 5.74) is 3.04. The highest BCUT2D eigenvalue weighted by Gasteiger charge is 2.28. The SMILES string of the molecule is COc1ccc([N+](=O)[O-])cc1.O=COC1CCC(c2cc(Nc3ccc4c(c3)S(=O)NC4)n[nH]2)C1. The van der Waals surface area contributed by atoms with Gasteiger partial charge in [0.25, 0.3) is 12.2 Å². The molecular formula is C23H25N5O6S. The highest BCUT2D eigenvalue weighted by molar-refractivity contribution is 7.83. The maximum absolute atomic E-state index is 11.8. The number of benzene rings is 2. The normalized spacial score (nSPS) is 20.3. The van der Waals surface area contributed by atoms with Crippen molar-refractivity contribution >= 4 is 34.7 Å². The molecule has 1 aromatic heterocycles. The third-order valence-corrected chi connectivity index (χ3v) is 7.07. The van der Waals surface area contributed by atoms with E-state index in [4.69, 9.17) is 9.47 Å². The Labute approximate surface area is 204 Å². The van der Waals surface area contributed by atoms with Gasteiger partial charge in [0.15, 0.2) is 5.82 Å². The highest BCUT2D eigenvalue weighted by Crippen LogP contribution is 2.36. The first-order valence-electron chi connectivity index (χ1n) is 10.9. The molecule has 5 rings (SSSR count). The highest BCUT2D eigenvalue weighted by atomic mass is 32.2. The summed E-state index contributed by atoms with van der Waals surface area (Å²) >= 11 is 0. The first-order valence-corrected chi connectivity index (χ1v) is 12.1. The minimum absolute atomic E-state index is 0.00593. The Bertz CT molecular complexity index is 1220. The quantitative estimate of drug-likeness (QED) is 0.253. The number of carbonyl (C=O) groups excluding carboxylic acids is 1. The summed E-state index contributed by atoms with van der Waals surface area (Å²) in [6, 6.07) is 13.7. The van der Waals surface area contributed by atoms with Crippen LogP contribution in [0.5, 0.6) is 5.75 Å². The van der Waals surface area contributed by atoms with Crippen molar-refractivity contribution in [2.45, 2.75) is 42.7 Å². The van der Waals surface area contributed by atoms with Crippen LogP contribution in [-0.2, 0) is 27.1 Å². The fourth-order valence-electron chi connectivity index (χ4n) is 4.06. The molecule has 0 amide bonds. The largest absolute Gasteiger partial charge is 0.497 e. The smallest absolute Gasteiger partial charge is 0.293 e. The molecule has 0 spiro atoms. The fraction of sp³-hybridized carbons (Fsp3) is 0.304. The Morgan fingerprint density at radius 2 is 2.00 bits per heavy atom. The number of nitro groups is 1. The number of non-ortho nitro benzene ring substituents is 1. The number of nitro benzene ring substituents is 1. The third-order valence-electron chi connectivity index (χ3n) is 5.89. The maximum atomic E-state index is 11.8. The van der Waals surface area contributed by atoms with E-state index >= 15 is 0 Å². The zero-order chi connectivity index (χ0) is 24.8. The summed E-state index contributed by atoms with van der Waals surface area (Å²) in [4.78, 5) is 21.0. The van der Waals surface area contributed by atoms with Gasteiger partial charge in [0, 0.05) is 42.0 Å². The molecule has 1 saturated carbocycles. The van der Waals surface area contributed by atoms with E-state index in [0.717, 1.165) is 46.9 Å².